The highest BCUT2D eigenvalue weighted by atomic mass is 16.4. The average Bonchev–Trinajstić information content (AvgIpc) is 2.27. The Bertz CT molecular complexity index is 307. The molecule has 0 spiro atoms. The fraction of sp³-hybridized carbons (Fsp3) is 0.846. The third-order valence-electron chi connectivity index (χ3n) is 3.53. The lowest BCUT2D eigenvalue weighted by atomic mass is 9.97. The largest absolute Gasteiger partial charge is 0.481 e. The smallest absolute Gasteiger partial charge is 0.304 e. The molecule has 1 amide bonds. The lowest BCUT2D eigenvalue weighted by molar-refractivity contribution is -0.143. The minimum Gasteiger partial charge on any atom is -0.481 e. The Kier molecular flexibility index (Phi) is 5.59. The number of piperidine rings is 1. The summed E-state index contributed by atoms with van der Waals surface area (Å²) in [6.07, 6.45) is 2.23. The summed E-state index contributed by atoms with van der Waals surface area (Å²) < 4.78 is 0. The number of hydrogen-bond acceptors (Lipinski definition) is 3. The fourth-order valence-corrected chi connectivity index (χ4v) is 2.62. The normalized spacial score (nSPS) is 22.5. The summed E-state index contributed by atoms with van der Waals surface area (Å²) >= 11 is 0. The zero-order valence-electron chi connectivity index (χ0n) is 11.6. The highest BCUT2D eigenvalue weighted by Crippen LogP contribution is 2.17. The Morgan fingerprint density at radius 2 is 2.17 bits per heavy atom. The van der Waals surface area contributed by atoms with E-state index < -0.39 is 11.9 Å². The van der Waals surface area contributed by atoms with Crippen molar-refractivity contribution in [2.45, 2.75) is 26.2 Å². The van der Waals surface area contributed by atoms with Crippen LogP contribution in [0.5, 0.6) is 0 Å². The van der Waals surface area contributed by atoms with Gasteiger partial charge >= 0.3 is 5.97 Å². The molecule has 0 bridgehead atoms. The zero-order chi connectivity index (χ0) is 13.7. The molecule has 0 aromatic heterocycles. The van der Waals surface area contributed by atoms with Gasteiger partial charge in [-0.1, -0.05) is 6.92 Å². The van der Waals surface area contributed by atoms with Gasteiger partial charge in [0, 0.05) is 26.1 Å². The molecule has 1 rings (SSSR count). The van der Waals surface area contributed by atoms with Crippen LogP contribution in [0.2, 0.25) is 0 Å². The maximum Gasteiger partial charge on any atom is 0.304 e. The maximum atomic E-state index is 12.0. The monoisotopic (exact) mass is 256 g/mol. The van der Waals surface area contributed by atoms with E-state index in [1.807, 2.05) is 0 Å². The van der Waals surface area contributed by atoms with Gasteiger partial charge in [0.05, 0.1) is 6.42 Å². The lowest BCUT2D eigenvalue weighted by Crippen LogP contribution is -2.41. The molecule has 5 nitrogen and oxygen atoms in total. The molecule has 2 atom stereocenters. The van der Waals surface area contributed by atoms with Gasteiger partial charge in [-0.25, -0.2) is 0 Å². The minimum atomic E-state index is -0.915. The van der Waals surface area contributed by atoms with E-state index in [-0.39, 0.29) is 12.3 Å². The van der Waals surface area contributed by atoms with Crippen LogP contribution in [0.15, 0.2) is 0 Å². The van der Waals surface area contributed by atoms with Crippen molar-refractivity contribution < 1.29 is 14.7 Å². The van der Waals surface area contributed by atoms with Crippen LogP contribution in [0.1, 0.15) is 26.2 Å². The molecule has 0 aromatic carbocycles. The first-order chi connectivity index (χ1) is 8.40. The summed E-state index contributed by atoms with van der Waals surface area (Å²) in [5.74, 6) is -0.907. The quantitative estimate of drug-likeness (QED) is 0.794. The molecular formula is C13H24N2O3. The predicted molar refractivity (Wildman–Crippen MR) is 69.3 cm³/mol. The zero-order valence-corrected chi connectivity index (χ0v) is 11.6. The molecule has 18 heavy (non-hydrogen) atoms. The van der Waals surface area contributed by atoms with Crippen LogP contribution in [0, 0.1) is 11.8 Å². The van der Waals surface area contributed by atoms with Crippen LogP contribution in [0.25, 0.3) is 0 Å². The molecule has 1 N–H and O–H groups in total. The molecular weight excluding hydrogens is 232 g/mol. The van der Waals surface area contributed by atoms with E-state index in [0.717, 1.165) is 26.1 Å². The van der Waals surface area contributed by atoms with Gasteiger partial charge in [0.2, 0.25) is 5.91 Å². The molecule has 1 saturated heterocycles. The van der Waals surface area contributed by atoms with Crippen LogP contribution in [-0.4, -0.2) is 60.5 Å². The number of likely N-dealkylation sites (tertiary alicyclic amines) is 1. The van der Waals surface area contributed by atoms with E-state index in [0.29, 0.717) is 5.92 Å². The Morgan fingerprint density at radius 1 is 1.50 bits per heavy atom. The second-order valence-corrected chi connectivity index (χ2v) is 5.49. The van der Waals surface area contributed by atoms with Crippen molar-refractivity contribution in [2.24, 2.45) is 11.8 Å². The molecule has 0 saturated carbocycles. The van der Waals surface area contributed by atoms with E-state index >= 15 is 0 Å². The molecule has 5 heteroatoms. The number of carboxylic acid groups (broad SMARTS) is 1. The number of aliphatic carboxylic acids is 1. The summed E-state index contributed by atoms with van der Waals surface area (Å²) in [7, 11) is 3.87. The number of hydrogen-bond donors (Lipinski definition) is 1. The second-order valence-electron chi connectivity index (χ2n) is 5.49. The fourth-order valence-electron chi connectivity index (χ4n) is 2.62. The van der Waals surface area contributed by atoms with Crippen molar-refractivity contribution in [3.8, 4) is 0 Å². The minimum absolute atomic E-state index is 0.0642. The number of amides is 1. The molecule has 0 radical (unpaired) electrons. The van der Waals surface area contributed by atoms with Crippen LogP contribution in [-0.2, 0) is 9.59 Å². The summed E-state index contributed by atoms with van der Waals surface area (Å²) in [6.45, 7) is 4.56. The molecule has 1 aliphatic rings. The summed E-state index contributed by atoms with van der Waals surface area (Å²) in [5, 5.41) is 8.69. The van der Waals surface area contributed by atoms with Crippen molar-refractivity contribution >= 4 is 11.9 Å². The van der Waals surface area contributed by atoms with Crippen LogP contribution in [0.3, 0.4) is 0 Å². The predicted octanol–water partition coefficient (Wildman–Crippen LogP) is 0.897. The third kappa shape index (κ3) is 4.64. The topological polar surface area (TPSA) is 60.9 Å². The maximum absolute atomic E-state index is 12.0. The molecule has 0 aromatic rings. The number of carbonyl (C=O) groups excluding carboxylic acids is 1. The lowest BCUT2D eigenvalue weighted by Gasteiger charge is -2.33. The summed E-state index contributed by atoms with van der Waals surface area (Å²) in [4.78, 5) is 26.6. The van der Waals surface area contributed by atoms with Crippen LogP contribution in [0.4, 0.5) is 0 Å². The van der Waals surface area contributed by atoms with Gasteiger partial charge in [-0.3, -0.25) is 9.59 Å². The van der Waals surface area contributed by atoms with Gasteiger partial charge in [-0.05, 0) is 32.4 Å². The van der Waals surface area contributed by atoms with Gasteiger partial charge in [0.1, 0.15) is 0 Å². The summed E-state index contributed by atoms with van der Waals surface area (Å²) in [5.41, 5.74) is 0. The molecule has 0 aliphatic carbocycles. The van der Waals surface area contributed by atoms with Crippen LogP contribution < -0.4 is 0 Å². The first-order valence-corrected chi connectivity index (χ1v) is 6.55. The van der Waals surface area contributed by atoms with Crippen molar-refractivity contribution in [1.82, 2.24) is 9.80 Å². The van der Waals surface area contributed by atoms with Crippen molar-refractivity contribution in [3.63, 3.8) is 0 Å². The van der Waals surface area contributed by atoms with E-state index in [2.05, 4.69) is 11.9 Å². The highest BCUT2D eigenvalue weighted by molar-refractivity contribution is 5.82. The number of carboxylic acids is 1. The summed E-state index contributed by atoms with van der Waals surface area (Å²) in [6, 6.07) is 0. The second kappa shape index (κ2) is 6.73. The number of nitrogens with zero attached hydrogens (tertiary/aromatic N) is 2. The van der Waals surface area contributed by atoms with Gasteiger partial charge in [-0.15, -0.1) is 0 Å². The van der Waals surface area contributed by atoms with Crippen LogP contribution >= 0.6 is 0 Å². The van der Waals surface area contributed by atoms with E-state index in [1.54, 1.807) is 18.9 Å². The van der Waals surface area contributed by atoms with Gasteiger partial charge < -0.3 is 14.9 Å². The van der Waals surface area contributed by atoms with E-state index in [4.69, 9.17) is 5.11 Å². The van der Waals surface area contributed by atoms with Crippen molar-refractivity contribution in [2.75, 3.05) is 33.7 Å². The van der Waals surface area contributed by atoms with Crippen molar-refractivity contribution in [1.29, 1.82) is 0 Å². The Morgan fingerprint density at radius 3 is 2.72 bits per heavy atom. The Hall–Kier alpha value is -1.10. The van der Waals surface area contributed by atoms with Crippen molar-refractivity contribution in [3.05, 3.63) is 0 Å². The van der Waals surface area contributed by atoms with Gasteiger partial charge in [0.25, 0.3) is 0 Å². The first kappa shape index (κ1) is 15.0. The standard InChI is InChI=1S/C13H24N2O3/c1-10(7-12(16)17)13(18)15(3)9-11-5-4-6-14(2)8-11/h10-11H,4-9H2,1-3H3,(H,16,17). The van der Waals surface area contributed by atoms with Gasteiger partial charge in [-0.2, -0.15) is 0 Å². The number of rotatable bonds is 5. The molecule has 1 aliphatic heterocycles. The molecule has 104 valence electrons. The third-order valence-corrected chi connectivity index (χ3v) is 3.53. The average molecular weight is 256 g/mol. The van der Waals surface area contributed by atoms with E-state index in [9.17, 15) is 9.59 Å². The van der Waals surface area contributed by atoms with E-state index in [1.165, 1.54) is 6.42 Å². The van der Waals surface area contributed by atoms with Gasteiger partial charge in [0.15, 0.2) is 0 Å². The first-order valence-electron chi connectivity index (χ1n) is 6.55. The molecule has 1 fully saturated rings. The molecule has 2 unspecified atom stereocenters. The highest BCUT2D eigenvalue weighted by Gasteiger charge is 2.24. The Labute approximate surface area is 109 Å². The Balaban J connectivity index is 2.41. The molecule has 1 heterocycles. The SMILES string of the molecule is CC(CC(=O)O)C(=O)N(C)CC1CCCN(C)C1. The number of carbonyl (C=O) groups is 2.